The van der Waals surface area contributed by atoms with E-state index in [-0.39, 0.29) is 12.2 Å². The summed E-state index contributed by atoms with van der Waals surface area (Å²) in [5, 5.41) is 2.73. The maximum atomic E-state index is 13.0. The van der Waals surface area contributed by atoms with Gasteiger partial charge in [0.2, 0.25) is 15.9 Å². The molecular formula is C19H23FN2O3S2. The molecule has 0 spiro atoms. The van der Waals surface area contributed by atoms with Gasteiger partial charge in [-0.1, -0.05) is 24.3 Å². The van der Waals surface area contributed by atoms with Crippen molar-refractivity contribution in [3.63, 3.8) is 0 Å². The zero-order valence-corrected chi connectivity index (χ0v) is 16.9. The smallest absolute Gasteiger partial charge is 0.240 e. The largest absolute Gasteiger partial charge is 0.354 e. The van der Waals surface area contributed by atoms with Crippen LogP contribution >= 0.6 is 11.8 Å². The predicted molar refractivity (Wildman–Crippen MR) is 109 cm³/mol. The number of hydrogen-bond donors (Lipinski definition) is 1. The summed E-state index contributed by atoms with van der Waals surface area (Å²) in [6, 6.07) is 13.1. The number of sulfonamides is 1. The summed E-state index contributed by atoms with van der Waals surface area (Å²) in [6.07, 6.45) is 1.02. The van der Waals surface area contributed by atoms with Gasteiger partial charge in [0.05, 0.1) is 11.9 Å². The molecule has 0 bridgehead atoms. The molecule has 0 radical (unpaired) electrons. The van der Waals surface area contributed by atoms with E-state index in [1.54, 1.807) is 11.8 Å². The van der Waals surface area contributed by atoms with Gasteiger partial charge >= 0.3 is 0 Å². The first-order valence-corrected chi connectivity index (χ1v) is 11.4. The van der Waals surface area contributed by atoms with Crippen LogP contribution in [0, 0.1) is 12.7 Å². The normalized spacial score (nSPS) is 11.2. The van der Waals surface area contributed by atoms with Crippen LogP contribution in [0.4, 0.5) is 10.1 Å². The van der Waals surface area contributed by atoms with Crippen LogP contribution in [0.5, 0.6) is 0 Å². The van der Waals surface area contributed by atoms with Gasteiger partial charge in [-0.25, -0.2) is 12.8 Å². The highest BCUT2D eigenvalue weighted by molar-refractivity contribution is 7.98. The number of amides is 1. The molecule has 27 heavy (non-hydrogen) atoms. The number of hydrogen-bond acceptors (Lipinski definition) is 4. The van der Waals surface area contributed by atoms with Crippen molar-refractivity contribution in [3.05, 3.63) is 65.5 Å². The van der Waals surface area contributed by atoms with E-state index in [1.165, 1.54) is 23.3 Å². The first-order valence-electron chi connectivity index (χ1n) is 8.39. The van der Waals surface area contributed by atoms with Crippen LogP contribution in [0.15, 0.2) is 48.5 Å². The zero-order chi connectivity index (χ0) is 19.9. The first-order chi connectivity index (χ1) is 12.8. The van der Waals surface area contributed by atoms with Crippen molar-refractivity contribution in [2.45, 2.75) is 12.7 Å². The number of carbonyl (C=O) groups is 1. The minimum atomic E-state index is -3.66. The summed E-state index contributed by atoms with van der Waals surface area (Å²) in [4.78, 5) is 12.1. The van der Waals surface area contributed by atoms with E-state index >= 15 is 0 Å². The van der Waals surface area contributed by atoms with Crippen LogP contribution in [0.2, 0.25) is 0 Å². The molecule has 0 saturated carbocycles. The van der Waals surface area contributed by atoms with Gasteiger partial charge in [-0.15, -0.1) is 0 Å². The Morgan fingerprint density at radius 3 is 2.44 bits per heavy atom. The van der Waals surface area contributed by atoms with Crippen molar-refractivity contribution in [3.8, 4) is 0 Å². The molecule has 0 atom stereocenters. The number of nitrogens with zero attached hydrogens (tertiary/aromatic N) is 1. The van der Waals surface area contributed by atoms with Crippen LogP contribution in [0.3, 0.4) is 0 Å². The maximum absolute atomic E-state index is 13.0. The van der Waals surface area contributed by atoms with Gasteiger partial charge in [-0.3, -0.25) is 9.10 Å². The van der Waals surface area contributed by atoms with Crippen LogP contribution in [0.25, 0.3) is 0 Å². The lowest BCUT2D eigenvalue weighted by Crippen LogP contribution is -2.41. The second-order valence-corrected chi connectivity index (χ2v) is 9.09. The van der Waals surface area contributed by atoms with Crippen LogP contribution in [-0.4, -0.2) is 39.4 Å². The van der Waals surface area contributed by atoms with Crippen molar-refractivity contribution in [2.75, 3.05) is 29.4 Å². The van der Waals surface area contributed by atoms with Crippen molar-refractivity contribution < 1.29 is 17.6 Å². The first kappa shape index (κ1) is 21.2. The lowest BCUT2D eigenvalue weighted by atomic mass is 10.1. The van der Waals surface area contributed by atoms with Crippen molar-refractivity contribution in [1.82, 2.24) is 5.32 Å². The summed E-state index contributed by atoms with van der Waals surface area (Å²) in [6.45, 7) is 2.16. The Balaban J connectivity index is 1.82. The highest BCUT2D eigenvalue weighted by atomic mass is 32.2. The van der Waals surface area contributed by atoms with Gasteiger partial charge in [0.1, 0.15) is 12.4 Å². The monoisotopic (exact) mass is 410 g/mol. The zero-order valence-electron chi connectivity index (χ0n) is 15.3. The summed E-state index contributed by atoms with van der Waals surface area (Å²) >= 11 is 1.70. The third kappa shape index (κ3) is 6.88. The van der Waals surface area contributed by atoms with Crippen LogP contribution in [0.1, 0.15) is 11.1 Å². The number of anilines is 1. The summed E-state index contributed by atoms with van der Waals surface area (Å²) in [7, 11) is -3.66. The molecule has 5 nitrogen and oxygen atoms in total. The molecule has 0 unspecified atom stereocenters. The molecule has 0 aliphatic rings. The Bertz CT molecular complexity index is 871. The third-order valence-electron chi connectivity index (χ3n) is 3.89. The fourth-order valence-corrected chi connectivity index (χ4v) is 4.20. The number of thioether (sulfide) groups is 1. The van der Waals surface area contributed by atoms with Crippen LogP contribution < -0.4 is 9.62 Å². The molecule has 0 aliphatic heterocycles. The van der Waals surface area contributed by atoms with E-state index in [4.69, 9.17) is 0 Å². The number of carbonyl (C=O) groups excluding carboxylic acids is 1. The van der Waals surface area contributed by atoms with E-state index in [1.807, 2.05) is 12.1 Å². The summed E-state index contributed by atoms with van der Waals surface area (Å²) in [5.41, 5.74) is 2.74. The highest BCUT2D eigenvalue weighted by Crippen LogP contribution is 2.18. The molecule has 2 aromatic carbocycles. The van der Waals surface area contributed by atoms with E-state index < -0.39 is 21.7 Å². The summed E-state index contributed by atoms with van der Waals surface area (Å²) < 4.78 is 37.9. The number of benzene rings is 2. The van der Waals surface area contributed by atoms with Crippen LogP contribution in [-0.2, 0) is 20.6 Å². The fourth-order valence-electron chi connectivity index (χ4n) is 2.41. The average molecular weight is 411 g/mol. The standard InChI is InChI=1S/C19H23FN2O3S2/c1-15-5-3-4-6-16(15)14-26-12-11-21-19(23)13-22(27(2,24)25)18-9-7-17(20)8-10-18/h3-10H,11-14H2,1-2H3,(H,21,23). The predicted octanol–water partition coefficient (Wildman–Crippen LogP) is 2.95. The molecule has 2 rings (SSSR count). The Kier molecular flexibility index (Phi) is 7.67. The third-order valence-corrected chi connectivity index (χ3v) is 6.04. The quantitative estimate of drug-likeness (QED) is 0.646. The molecule has 1 N–H and O–H groups in total. The van der Waals surface area contributed by atoms with Gasteiger partial charge < -0.3 is 5.32 Å². The minimum Gasteiger partial charge on any atom is -0.354 e. The molecule has 146 valence electrons. The van der Waals surface area contributed by atoms with Gasteiger partial charge in [-0.05, 0) is 42.3 Å². The van der Waals surface area contributed by atoms with E-state index in [2.05, 4.69) is 24.4 Å². The Morgan fingerprint density at radius 2 is 1.81 bits per heavy atom. The lowest BCUT2D eigenvalue weighted by Gasteiger charge is -2.21. The lowest BCUT2D eigenvalue weighted by molar-refractivity contribution is -0.119. The van der Waals surface area contributed by atoms with Gasteiger partial charge in [0, 0.05) is 18.1 Å². The number of rotatable bonds is 9. The van der Waals surface area contributed by atoms with Crippen molar-refractivity contribution in [1.29, 1.82) is 0 Å². The van der Waals surface area contributed by atoms with Crippen molar-refractivity contribution in [2.24, 2.45) is 0 Å². The number of nitrogens with one attached hydrogen (secondary N) is 1. The molecule has 8 heteroatoms. The molecule has 0 aromatic heterocycles. The maximum Gasteiger partial charge on any atom is 0.240 e. The van der Waals surface area contributed by atoms with Crippen molar-refractivity contribution >= 4 is 33.4 Å². The number of halogens is 1. The Morgan fingerprint density at radius 1 is 1.15 bits per heavy atom. The van der Waals surface area contributed by atoms with E-state index in [0.29, 0.717) is 6.54 Å². The Hall–Kier alpha value is -2.06. The molecule has 0 fully saturated rings. The molecule has 0 aliphatic carbocycles. The molecule has 0 saturated heterocycles. The van der Waals surface area contributed by atoms with Gasteiger partial charge in [-0.2, -0.15) is 11.8 Å². The van der Waals surface area contributed by atoms with E-state index in [9.17, 15) is 17.6 Å². The second kappa shape index (κ2) is 9.75. The molecule has 1 amide bonds. The van der Waals surface area contributed by atoms with Gasteiger partial charge in [0.15, 0.2) is 0 Å². The Labute approximate surface area is 164 Å². The topological polar surface area (TPSA) is 66.5 Å². The fraction of sp³-hybridized carbons (Fsp3) is 0.316. The van der Waals surface area contributed by atoms with E-state index in [0.717, 1.165) is 34.2 Å². The molecule has 2 aromatic rings. The van der Waals surface area contributed by atoms with Gasteiger partial charge in [0.25, 0.3) is 0 Å². The summed E-state index contributed by atoms with van der Waals surface area (Å²) in [5.74, 6) is 0.701. The highest BCUT2D eigenvalue weighted by Gasteiger charge is 2.20. The minimum absolute atomic E-state index is 0.253. The number of aryl methyl sites for hydroxylation is 1. The second-order valence-electron chi connectivity index (χ2n) is 6.08. The molecule has 0 heterocycles. The SMILES string of the molecule is Cc1ccccc1CSCCNC(=O)CN(c1ccc(F)cc1)S(C)(=O)=O. The molecular weight excluding hydrogens is 387 g/mol. The average Bonchev–Trinajstić information content (AvgIpc) is 2.61.